The lowest BCUT2D eigenvalue weighted by molar-refractivity contribution is -0.144. The van der Waals surface area contributed by atoms with Crippen LogP contribution >= 0.6 is 0 Å². The van der Waals surface area contributed by atoms with Crippen molar-refractivity contribution in [3.05, 3.63) is 42.7 Å². The number of rotatable bonds is 6. The van der Waals surface area contributed by atoms with E-state index >= 15 is 0 Å². The Hall–Kier alpha value is -2.10. The van der Waals surface area contributed by atoms with Gasteiger partial charge in [0.25, 0.3) is 0 Å². The van der Waals surface area contributed by atoms with E-state index in [2.05, 4.69) is 12.0 Å². The molecule has 1 aromatic heterocycles. The molecule has 1 heterocycles. The molecule has 0 fully saturated rings. The van der Waals surface area contributed by atoms with Gasteiger partial charge in [-0.05, 0) is 12.0 Å². The summed E-state index contributed by atoms with van der Waals surface area (Å²) in [5, 5.41) is 4.18. The van der Waals surface area contributed by atoms with Gasteiger partial charge in [0.2, 0.25) is 0 Å². The minimum atomic E-state index is -0.240. The first-order valence-corrected chi connectivity index (χ1v) is 6.53. The number of hydrogen-bond donors (Lipinski definition) is 0. The van der Waals surface area contributed by atoms with Gasteiger partial charge in [-0.15, -0.1) is 0 Å². The number of nitrogens with zero attached hydrogens (tertiary/aromatic N) is 2. The van der Waals surface area contributed by atoms with E-state index in [4.69, 9.17) is 4.74 Å². The van der Waals surface area contributed by atoms with Crippen molar-refractivity contribution in [1.82, 2.24) is 9.78 Å². The van der Waals surface area contributed by atoms with Crippen molar-refractivity contribution in [2.45, 2.75) is 26.3 Å². The third-order valence-corrected chi connectivity index (χ3v) is 2.79. The molecule has 0 radical (unpaired) electrons. The molecule has 0 atom stereocenters. The van der Waals surface area contributed by atoms with Gasteiger partial charge in [-0.3, -0.25) is 9.48 Å². The van der Waals surface area contributed by atoms with Crippen molar-refractivity contribution in [2.75, 3.05) is 6.61 Å². The van der Waals surface area contributed by atoms with Crippen LogP contribution in [-0.4, -0.2) is 22.4 Å². The zero-order chi connectivity index (χ0) is 13.5. The minimum Gasteiger partial charge on any atom is -0.464 e. The molecule has 0 bridgehead atoms. The molecule has 0 amide bonds. The Kier molecular flexibility index (Phi) is 4.72. The zero-order valence-corrected chi connectivity index (χ0v) is 11.1. The van der Waals surface area contributed by atoms with Crippen molar-refractivity contribution in [3.63, 3.8) is 0 Å². The molecule has 1 aromatic carbocycles. The maximum atomic E-state index is 11.5. The number of carbonyl (C=O) groups is 1. The summed E-state index contributed by atoms with van der Waals surface area (Å²) >= 11 is 0. The summed E-state index contributed by atoms with van der Waals surface area (Å²) in [7, 11) is 0. The van der Waals surface area contributed by atoms with E-state index in [0.29, 0.717) is 6.61 Å². The van der Waals surface area contributed by atoms with E-state index in [9.17, 15) is 4.79 Å². The van der Waals surface area contributed by atoms with Crippen molar-refractivity contribution in [3.8, 4) is 11.1 Å². The summed E-state index contributed by atoms with van der Waals surface area (Å²) in [5.74, 6) is -0.240. The van der Waals surface area contributed by atoms with Crippen LogP contribution in [0, 0.1) is 0 Å². The van der Waals surface area contributed by atoms with Gasteiger partial charge in [-0.2, -0.15) is 5.10 Å². The molecular weight excluding hydrogens is 240 g/mol. The number of aromatic nitrogens is 2. The molecule has 0 saturated heterocycles. The Morgan fingerprint density at radius 3 is 2.79 bits per heavy atom. The van der Waals surface area contributed by atoms with Crippen LogP contribution < -0.4 is 0 Å². The molecular formula is C15H18N2O2. The summed E-state index contributed by atoms with van der Waals surface area (Å²) < 4.78 is 6.71. The number of benzene rings is 1. The molecule has 0 saturated carbocycles. The summed E-state index contributed by atoms with van der Waals surface area (Å²) in [6.45, 7) is 2.71. The zero-order valence-electron chi connectivity index (χ0n) is 11.1. The number of carbonyl (C=O) groups excluding carboxylic acids is 1. The second-order valence-corrected chi connectivity index (χ2v) is 4.37. The van der Waals surface area contributed by atoms with Crippen molar-refractivity contribution < 1.29 is 9.53 Å². The highest BCUT2D eigenvalue weighted by Gasteiger charge is 2.06. The fourth-order valence-electron chi connectivity index (χ4n) is 1.74. The second kappa shape index (κ2) is 6.73. The van der Waals surface area contributed by atoms with Gasteiger partial charge in [0.05, 0.1) is 12.8 Å². The monoisotopic (exact) mass is 258 g/mol. The van der Waals surface area contributed by atoms with Gasteiger partial charge >= 0.3 is 5.97 Å². The Labute approximate surface area is 113 Å². The lowest BCUT2D eigenvalue weighted by Crippen LogP contribution is -2.14. The normalized spacial score (nSPS) is 10.4. The van der Waals surface area contributed by atoms with Crippen LogP contribution in [0.2, 0.25) is 0 Å². The molecule has 0 N–H and O–H groups in total. The molecule has 19 heavy (non-hydrogen) atoms. The van der Waals surface area contributed by atoms with Crippen LogP contribution in [0.4, 0.5) is 0 Å². The van der Waals surface area contributed by atoms with E-state index in [-0.39, 0.29) is 12.5 Å². The van der Waals surface area contributed by atoms with Gasteiger partial charge < -0.3 is 4.74 Å². The standard InChI is InChI=1S/C15H18N2O2/c1-2-3-9-19-15(18)12-17-11-14(10-16-17)13-7-5-4-6-8-13/h4-8,10-11H,2-3,9,12H2,1H3. The topological polar surface area (TPSA) is 44.1 Å². The van der Waals surface area contributed by atoms with E-state index in [1.807, 2.05) is 36.5 Å². The van der Waals surface area contributed by atoms with E-state index in [1.54, 1.807) is 10.9 Å². The fraction of sp³-hybridized carbons (Fsp3) is 0.333. The molecule has 0 aliphatic carbocycles. The first-order chi connectivity index (χ1) is 9.29. The third-order valence-electron chi connectivity index (χ3n) is 2.79. The van der Waals surface area contributed by atoms with Gasteiger partial charge in [0.1, 0.15) is 6.54 Å². The van der Waals surface area contributed by atoms with Crippen LogP contribution in [0.1, 0.15) is 19.8 Å². The van der Waals surface area contributed by atoms with Gasteiger partial charge in [0.15, 0.2) is 0 Å². The first-order valence-electron chi connectivity index (χ1n) is 6.53. The first kappa shape index (κ1) is 13.3. The predicted octanol–water partition coefficient (Wildman–Crippen LogP) is 2.89. The van der Waals surface area contributed by atoms with Crippen LogP contribution in [0.25, 0.3) is 11.1 Å². The number of ether oxygens (including phenoxy) is 1. The SMILES string of the molecule is CCCCOC(=O)Cn1cc(-c2ccccc2)cn1. The smallest absolute Gasteiger partial charge is 0.327 e. The highest BCUT2D eigenvalue weighted by Crippen LogP contribution is 2.17. The Bertz CT molecular complexity index is 520. The predicted molar refractivity (Wildman–Crippen MR) is 73.5 cm³/mol. The Morgan fingerprint density at radius 2 is 2.05 bits per heavy atom. The average molecular weight is 258 g/mol. The summed E-state index contributed by atoms with van der Waals surface area (Å²) in [6.07, 6.45) is 5.54. The number of unbranched alkanes of at least 4 members (excludes halogenated alkanes) is 1. The van der Waals surface area contributed by atoms with Gasteiger partial charge in [-0.1, -0.05) is 43.7 Å². The van der Waals surface area contributed by atoms with Crippen LogP contribution in [0.3, 0.4) is 0 Å². The fourth-order valence-corrected chi connectivity index (χ4v) is 1.74. The summed E-state index contributed by atoms with van der Waals surface area (Å²) in [4.78, 5) is 11.5. The Morgan fingerprint density at radius 1 is 1.26 bits per heavy atom. The number of esters is 1. The highest BCUT2D eigenvalue weighted by atomic mass is 16.5. The van der Waals surface area contributed by atoms with Crippen molar-refractivity contribution in [1.29, 1.82) is 0 Å². The second-order valence-electron chi connectivity index (χ2n) is 4.37. The van der Waals surface area contributed by atoms with Gasteiger partial charge in [-0.25, -0.2) is 0 Å². The lowest BCUT2D eigenvalue weighted by Gasteiger charge is -2.03. The molecule has 4 nitrogen and oxygen atoms in total. The van der Waals surface area contributed by atoms with Crippen LogP contribution in [-0.2, 0) is 16.1 Å². The van der Waals surface area contributed by atoms with Crippen molar-refractivity contribution in [2.24, 2.45) is 0 Å². The lowest BCUT2D eigenvalue weighted by atomic mass is 10.1. The summed E-state index contributed by atoms with van der Waals surface area (Å²) in [5.41, 5.74) is 2.09. The maximum absolute atomic E-state index is 11.5. The van der Waals surface area contributed by atoms with E-state index < -0.39 is 0 Å². The quantitative estimate of drug-likeness (QED) is 0.591. The van der Waals surface area contributed by atoms with E-state index in [0.717, 1.165) is 24.0 Å². The van der Waals surface area contributed by atoms with Crippen LogP contribution in [0.15, 0.2) is 42.7 Å². The molecule has 2 aromatic rings. The van der Waals surface area contributed by atoms with Crippen molar-refractivity contribution >= 4 is 5.97 Å². The third kappa shape index (κ3) is 3.95. The minimum absolute atomic E-state index is 0.163. The van der Waals surface area contributed by atoms with Crippen LogP contribution in [0.5, 0.6) is 0 Å². The molecule has 0 aliphatic rings. The highest BCUT2D eigenvalue weighted by molar-refractivity contribution is 5.69. The largest absolute Gasteiger partial charge is 0.464 e. The van der Waals surface area contributed by atoms with E-state index in [1.165, 1.54) is 0 Å². The molecule has 4 heteroatoms. The molecule has 2 rings (SSSR count). The molecule has 100 valence electrons. The average Bonchev–Trinajstić information content (AvgIpc) is 2.88. The molecule has 0 spiro atoms. The Balaban J connectivity index is 1.93. The molecule has 0 unspecified atom stereocenters. The maximum Gasteiger partial charge on any atom is 0.327 e. The summed E-state index contributed by atoms with van der Waals surface area (Å²) in [6, 6.07) is 9.96. The van der Waals surface area contributed by atoms with Gasteiger partial charge in [0, 0.05) is 11.8 Å². The number of hydrogen-bond acceptors (Lipinski definition) is 3. The molecule has 0 aliphatic heterocycles.